The molecule has 0 aliphatic carbocycles. The van der Waals surface area contributed by atoms with E-state index in [0.29, 0.717) is 13.0 Å². The van der Waals surface area contributed by atoms with E-state index in [9.17, 15) is 40.5 Å². The first-order valence-corrected chi connectivity index (χ1v) is 31.1. The predicted octanol–water partition coefficient (Wildman–Crippen LogP) is 12.2. The number of allylic oxidation sites excluding steroid dienone is 26. The standard InChI is InChI=1S/C69H108O14/c1-3-5-7-9-11-13-15-17-19-21-23-25-27-28-29-31-33-35-37-39-41-43-45-47-49-51-53-78-55-58(56-79-68-67(77)65(75)63(73)60(83-68)57-80-69-66(76)64(74)62(72)59(54-70)82-69)81-61(71)52-50-48-46-44-42-40-38-36-34-32-30-26-24-22-20-18-16-14-12-10-8-6-4-2/h5-8,11-14,17-20,23-26,28-29,32-35,38-41,58-60,62-70,72-77H,3-4,9-10,15-16,21-22,27,30-31,36-37,42-57H2,1-2H3/b7-5-,8-6-,13-11-,14-12-,19-17-,20-18-,25-23-,26-24-,29-28-,34-32-,35-33-,40-38-,41-39-. The highest BCUT2D eigenvalue weighted by Gasteiger charge is 2.47. The average molecular weight is 1160 g/mol. The number of hydrogen-bond donors (Lipinski definition) is 7. The summed E-state index contributed by atoms with van der Waals surface area (Å²) in [4.78, 5) is 13.1. The molecule has 7 N–H and O–H groups in total. The van der Waals surface area contributed by atoms with Gasteiger partial charge in [-0.1, -0.05) is 198 Å². The Hall–Kier alpha value is -4.39. The molecule has 0 bridgehead atoms. The zero-order valence-corrected chi connectivity index (χ0v) is 50.4. The number of rotatable bonds is 48. The van der Waals surface area contributed by atoms with Crippen molar-refractivity contribution in [3.8, 4) is 0 Å². The highest BCUT2D eigenvalue weighted by molar-refractivity contribution is 5.69. The van der Waals surface area contributed by atoms with Gasteiger partial charge in [-0.2, -0.15) is 0 Å². The fourth-order valence-electron chi connectivity index (χ4n) is 8.62. The lowest BCUT2D eigenvalue weighted by Gasteiger charge is -2.42. The summed E-state index contributed by atoms with van der Waals surface area (Å²) < 4.78 is 34.4. The van der Waals surface area contributed by atoms with Crippen molar-refractivity contribution >= 4 is 5.97 Å². The number of carbonyl (C=O) groups is 1. The van der Waals surface area contributed by atoms with Crippen LogP contribution in [0, 0.1) is 0 Å². The Kier molecular flexibility index (Phi) is 47.8. The number of carbonyl (C=O) groups excluding carboxylic acids is 1. The third-order valence-electron chi connectivity index (χ3n) is 13.5. The van der Waals surface area contributed by atoms with Crippen molar-refractivity contribution in [2.24, 2.45) is 0 Å². The molecule has 0 amide bonds. The van der Waals surface area contributed by atoms with Crippen molar-refractivity contribution in [3.63, 3.8) is 0 Å². The molecule has 2 rings (SSSR count). The third-order valence-corrected chi connectivity index (χ3v) is 13.5. The molecule has 468 valence electrons. The van der Waals surface area contributed by atoms with Crippen LogP contribution in [-0.2, 0) is 33.2 Å². The minimum absolute atomic E-state index is 0.0205. The van der Waals surface area contributed by atoms with E-state index in [2.05, 4.69) is 172 Å². The Bertz CT molecular complexity index is 1980. The molecule has 2 aliphatic heterocycles. The predicted molar refractivity (Wildman–Crippen MR) is 334 cm³/mol. The molecule has 83 heavy (non-hydrogen) atoms. The van der Waals surface area contributed by atoms with Crippen molar-refractivity contribution in [2.45, 2.75) is 235 Å². The molecule has 2 saturated heterocycles. The van der Waals surface area contributed by atoms with Crippen LogP contribution in [0.15, 0.2) is 158 Å². The SMILES string of the molecule is CC/C=C\C/C=C\C/C=C\C/C=C\C/C=C\C/C=C\C/C=C\CCCCCCOCC(COC1OC(COC2OC(CO)C(O)C(O)C2O)C(O)C(O)C1O)OC(=O)CCCCCC/C=C\C/C=C\C/C=C\C/C=C\C/C=C\C/C=C\CC. The van der Waals surface area contributed by atoms with Crippen LogP contribution in [0.2, 0.25) is 0 Å². The molecule has 2 heterocycles. The lowest BCUT2D eigenvalue weighted by molar-refractivity contribution is -0.332. The molecule has 0 aromatic heterocycles. The molecule has 11 unspecified atom stereocenters. The number of unbranched alkanes of at least 4 members (excludes halogenated alkanes) is 8. The van der Waals surface area contributed by atoms with Crippen molar-refractivity contribution in [1.82, 2.24) is 0 Å². The summed E-state index contributed by atoms with van der Waals surface area (Å²) in [5, 5.41) is 72.5. The fraction of sp³-hybridized carbons (Fsp3) is 0.609. The first-order chi connectivity index (χ1) is 40.6. The Balaban J connectivity index is 1.74. The Morgan fingerprint density at radius 1 is 0.398 bits per heavy atom. The van der Waals surface area contributed by atoms with Crippen LogP contribution < -0.4 is 0 Å². The van der Waals surface area contributed by atoms with Gasteiger partial charge in [0, 0.05) is 13.0 Å². The van der Waals surface area contributed by atoms with Crippen LogP contribution >= 0.6 is 0 Å². The topological polar surface area (TPSA) is 214 Å². The highest BCUT2D eigenvalue weighted by atomic mass is 16.7. The largest absolute Gasteiger partial charge is 0.457 e. The highest BCUT2D eigenvalue weighted by Crippen LogP contribution is 2.26. The van der Waals surface area contributed by atoms with Gasteiger partial charge in [0.2, 0.25) is 0 Å². The van der Waals surface area contributed by atoms with Crippen molar-refractivity contribution in [3.05, 3.63) is 158 Å². The average Bonchev–Trinajstić information content (AvgIpc) is 3.69. The molecule has 0 spiro atoms. The monoisotopic (exact) mass is 1160 g/mol. The van der Waals surface area contributed by atoms with E-state index >= 15 is 0 Å². The van der Waals surface area contributed by atoms with Crippen LogP contribution in [0.25, 0.3) is 0 Å². The Labute approximate surface area is 499 Å². The smallest absolute Gasteiger partial charge is 0.306 e. The lowest BCUT2D eigenvalue weighted by atomic mass is 9.98. The van der Waals surface area contributed by atoms with Gasteiger partial charge in [0.15, 0.2) is 12.6 Å². The lowest BCUT2D eigenvalue weighted by Crippen LogP contribution is -2.61. The maximum absolute atomic E-state index is 13.1. The summed E-state index contributed by atoms with van der Waals surface area (Å²) in [6.07, 6.45) is 63.0. The molecule has 2 fully saturated rings. The van der Waals surface area contributed by atoms with Crippen molar-refractivity contribution < 1.29 is 69.0 Å². The Morgan fingerprint density at radius 2 is 0.747 bits per heavy atom. The van der Waals surface area contributed by atoms with Crippen LogP contribution in [0.4, 0.5) is 0 Å². The van der Waals surface area contributed by atoms with E-state index in [1.54, 1.807) is 0 Å². The third kappa shape index (κ3) is 39.0. The van der Waals surface area contributed by atoms with Gasteiger partial charge in [0.25, 0.3) is 0 Å². The van der Waals surface area contributed by atoms with Crippen LogP contribution in [0.3, 0.4) is 0 Å². The van der Waals surface area contributed by atoms with Gasteiger partial charge in [-0.15, -0.1) is 0 Å². The number of hydrogen-bond acceptors (Lipinski definition) is 14. The van der Waals surface area contributed by atoms with Gasteiger partial charge < -0.3 is 64.2 Å². The summed E-state index contributed by atoms with van der Waals surface area (Å²) in [5.41, 5.74) is 0. The van der Waals surface area contributed by atoms with Gasteiger partial charge in [0.05, 0.1) is 26.4 Å². The van der Waals surface area contributed by atoms with E-state index in [4.69, 9.17) is 28.4 Å². The maximum Gasteiger partial charge on any atom is 0.306 e. The number of esters is 1. The van der Waals surface area contributed by atoms with E-state index in [0.717, 1.165) is 141 Å². The molecule has 14 nitrogen and oxygen atoms in total. The molecule has 0 aromatic rings. The summed E-state index contributed by atoms with van der Waals surface area (Å²) in [7, 11) is 0. The fourth-order valence-corrected chi connectivity index (χ4v) is 8.62. The molecule has 0 aromatic carbocycles. The quantitative estimate of drug-likeness (QED) is 0.0172. The summed E-state index contributed by atoms with van der Waals surface area (Å²) in [6, 6.07) is 0. The van der Waals surface area contributed by atoms with Gasteiger partial charge in [-0.3, -0.25) is 4.79 Å². The second-order valence-corrected chi connectivity index (χ2v) is 20.8. The molecular weight excluding hydrogens is 1050 g/mol. The van der Waals surface area contributed by atoms with Crippen LogP contribution in [0.1, 0.15) is 168 Å². The normalized spacial score (nSPS) is 24.5. The first-order valence-electron chi connectivity index (χ1n) is 31.1. The molecule has 0 radical (unpaired) electrons. The first kappa shape index (κ1) is 74.7. The minimum Gasteiger partial charge on any atom is -0.457 e. The van der Waals surface area contributed by atoms with Gasteiger partial charge >= 0.3 is 5.97 Å². The number of aliphatic hydroxyl groups excluding tert-OH is 7. The van der Waals surface area contributed by atoms with Gasteiger partial charge in [0.1, 0.15) is 54.9 Å². The maximum atomic E-state index is 13.1. The Morgan fingerprint density at radius 3 is 1.16 bits per heavy atom. The zero-order chi connectivity index (χ0) is 60.1. The minimum atomic E-state index is -1.73. The summed E-state index contributed by atoms with van der Waals surface area (Å²) in [5.74, 6) is -0.417. The zero-order valence-electron chi connectivity index (χ0n) is 50.4. The van der Waals surface area contributed by atoms with Crippen LogP contribution in [-0.4, -0.2) is 142 Å². The molecule has 11 atom stereocenters. The summed E-state index contributed by atoms with van der Waals surface area (Å²) >= 11 is 0. The van der Waals surface area contributed by atoms with E-state index in [1.165, 1.54) is 0 Å². The number of aliphatic hydroxyl groups is 7. The van der Waals surface area contributed by atoms with Crippen molar-refractivity contribution in [2.75, 3.05) is 33.0 Å². The number of ether oxygens (including phenoxy) is 6. The van der Waals surface area contributed by atoms with Gasteiger partial charge in [-0.05, 0) is 122 Å². The molecule has 0 saturated carbocycles. The van der Waals surface area contributed by atoms with Gasteiger partial charge in [-0.25, -0.2) is 0 Å². The molecule has 14 heteroatoms. The second kappa shape index (κ2) is 53.1. The van der Waals surface area contributed by atoms with E-state index < -0.39 is 86.7 Å². The van der Waals surface area contributed by atoms with E-state index in [1.807, 2.05) is 0 Å². The molecule has 2 aliphatic rings. The van der Waals surface area contributed by atoms with Crippen molar-refractivity contribution in [1.29, 1.82) is 0 Å². The second-order valence-electron chi connectivity index (χ2n) is 20.8. The molecular formula is C69H108O14. The van der Waals surface area contributed by atoms with E-state index in [-0.39, 0.29) is 19.6 Å². The summed E-state index contributed by atoms with van der Waals surface area (Å²) in [6.45, 7) is 3.33. The van der Waals surface area contributed by atoms with Crippen LogP contribution in [0.5, 0.6) is 0 Å².